The molecular formula is C12H11F2N3O. The molecule has 4 nitrogen and oxygen atoms in total. The van der Waals surface area contributed by atoms with Gasteiger partial charge in [0.25, 0.3) is 0 Å². The van der Waals surface area contributed by atoms with E-state index in [0.29, 0.717) is 11.4 Å². The number of benzene rings is 1. The molecule has 0 fully saturated rings. The molecule has 1 atom stereocenters. The maximum Gasteiger partial charge on any atom is 0.240 e. The highest BCUT2D eigenvalue weighted by atomic mass is 19.2. The van der Waals surface area contributed by atoms with Crippen LogP contribution in [0.25, 0.3) is 11.4 Å². The monoisotopic (exact) mass is 251 g/mol. The molecule has 2 aromatic rings. The summed E-state index contributed by atoms with van der Waals surface area (Å²) in [7, 11) is 0. The average Bonchev–Trinajstić information content (AvgIpc) is 2.80. The van der Waals surface area contributed by atoms with Gasteiger partial charge in [-0.05, 0) is 25.1 Å². The number of nitrogens with zero attached hydrogens (tertiary/aromatic N) is 2. The topological polar surface area (TPSA) is 60.9 Å². The summed E-state index contributed by atoms with van der Waals surface area (Å²) < 4.78 is 27.5. The van der Waals surface area contributed by atoms with E-state index < -0.39 is 23.6 Å². The number of nitrogens with two attached hydrogens (primary N) is 1. The maximum absolute atomic E-state index is 13.2. The zero-order chi connectivity index (χ0) is 13.3. The Hall–Kier alpha value is -2.24. The van der Waals surface area contributed by atoms with E-state index in [4.69, 9.17) is 5.73 Å². The van der Waals surface area contributed by atoms with Crippen LogP contribution in [0.5, 0.6) is 0 Å². The van der Waals surface area contributed by atoms with E-state index in [9.17, 15) is 13.6 Å². The second-order valence-corrected chi connectivity index (χ2v) is 3.87. The molecule has 94 valence electrons. The highest BCUT2D eigenvalue weighted by molar-refractivity contribution is 5.78. The molecule has 0 saturated carbocycles. The summed E-state index contributed by atoms with van der Waals surface area (Å²) in [6, 6.07) is 2.82. The lowest BCUT2D eigenvalue weighted by Gasteiger charge is -2.13. The molecule has 0 aliphatic heterocycles. The Bertz CT molecular complexity index is 595. The van der Waals surface area contributed by atoms with Crippen LogP contribution >= 0.6 is 0 Å². The predicted molar refractivity (Wildman–Crippen MR) is 61.5 cm³/mol. The number of amides is 1. The second-order valence-electron chi connectivity index (χ2n) is 3.87. The highest BCUT2D eigenvalue weighted by Crippen LogP contribution is 2.22. The first-order chi connectivity index (χ1) is 8.50. The van der Waals surface area contributed by atoms with Gasteiger partial charge >= 0.3 is 0 Å². The minimum absolute atomic E-state index is 0.361. The number of aromatic nitrogens is 2. The van der Waals surface area contributed by atoms with E-state index in [-0.39, 0.29) is 0 Å². The number of hydrogen-bond donors (Lipinski definition) is 1. The summed E-state index contributed by atoms with van der Waals surface area (Å²) in [6.45, 7) is 1.60. The Morgan fingerprint density at radius 3 is 2.72 bits per heavy atom. The Balaban J connectivity index is 2.48. The van der Waals surface area contributed by atoms with Crippen LogP contribution in [0.4, 0.5) is 8.78 Å². The van der Waals surface area contributed by atoms with Crippen LogP contribution in [0.15, 0.2) is 30.6 Å². The van der Waals surface area contributed by atoms with Crippen molar-refractivity contribution < 1.29 is 13.6 Å². The normalized spacial score (nSPS) is 12.4. The lowest BCUT2D eigenvalue weighted by atomic mass is 10.2. The minimum atomic E-state index is -0.964. The van der Waals surface area contributed by atoms with Crippen molar-refractivity contribution >= 4 is 5.91 Å². The molecule has 2 rings (SSSR count). The summed E-state index contributed by atoms with van der Waals surface area (Å²) in [6.07, 6.45) is 3.03. The van der Waals surface area contributed by atoms with E-state index >= 15 is 0 Å². The summed E-state index contributed by atoms with van der Waals surface area (Å²) in [5.74, 6) is -2.06. The Morgan fingerprint density at radius 2 is 2.11 bits per heavy atom. The fraction of sp³-hybridized carbons (Fsp3) is 0.167. The first kappa shape index (κ1) is 12.2. The molecule has 0 bridgehead atoms. The molecule has 1 heterocycles. The largest absolute Gasteiger partial charge is 0.368 e. The number of halogens is 2. The summed E-state index contributed by atoms with van der Waals surface area (Å²) >= 11 is 0. The molecule has 1 aromatic carbocycles. The molecule has 0 spiro atoms. The van der Waals surface area contributed by atoms with Gasteiger partial charge in [0.1, 0.15) is 11.9 Å². The van der Waals surface area contributed by atoms with E-state index in [1.54, 1.807) is 13.1 Å². The van der Waals surface area contributed by atoms with Crippen LogP contribution in [0.1, 0.15) is 13.0 Å². The highest BCUT2D eigenvalue weighted by Gasteiger charge is 2.16. The van der Waals surface area contributed by atoms with Crippen molar-refractivity contribution in [2.24, 2.45) is 5.73 Å². The molecule has 1 aromatic heterocycles. The van der Waals surface area contributed by atoms with Gasteiger partial charge in [0, 0.05) is 18.0 Å². The fourth-order valence-corrected chi connectivity index (χ4v) is 1.62. The van der Waals surface area contributed by atoms with Crippen molar-refractivity contribution in [3.8, 4) is 11.4 Å². The van der Waals surface area contributed by atoms with Crippen LogP contribution in [0.2, 0.25) is 0 Å². The molecule has 0 saturated heterocycles. The first-order valence-corrected chi connectivity index (χ1v) is 5.28. The van der Waals surface area contributed by atoms with Crippen LogP contribution < -0.4 is 5.73 Å². The summed E-state index contributed by atoms with van der Waals surface area (Å²) in [5.41, 5.74) is 5.59. The zero-order valence-electron chi connectivity index (χ0n) is 9.60. The van der Waals surface area contributed by atoms with Gasteiger partial charge in [-0.3, -0.25) is 4.79 Å². The number of imidazole rings is 1. The van der Waals surface area contributed by atoms with Gasteiger partial charge in [-0.25, -0.2) is 13.8 Å². The molecule has 0 aliphatic rings. The standard InChI is InChI=1S/C12H11F2N3O/c1-7(11(15)18)17-5-4-16-12(17)8-2-3-9(13)10(14)6-8/h2-7H,1H3,(H2,15,18). The van der Waals surface area contributed by atoms with Gasteiger partial charge in [0.05, 0.1) is 0 Å². The van der Waals surface area contributed by atoms with Crippen molar-refractivity contribution in [1.29, 1.82) is 0 Å². The van der Waals surface area contributed by atoms with Gasteiger partial charge in [-0.2, -0.15) is 0 Å². The van der Waals surface area contributed by atoms with Gasteiger partial charge in [0.2, 0.25) is 5.91 Å². The average molecular weight is 251 g/mol. The molecule has 6 heteroatoms. The molecule has 2 N–H and O–H groups in total. The molecule has 1 unspecified atom stereocenters. The number of primary amides is 1. The van der Waals surface area contributed by atoms with Gasteiger partial charge in [0.15, 0.2) is 11.6 Å². The smallest absolute Gasteiger partial charge is 0.240 e. The van der Waals surface area contributed by atoms with Gasteiger partial charge in [-0.15, -0.1) is 0 Å². The number of carbonyl (C=O) groups is 1. The van der Waals surface area contributed by atoms with Gasteiger partial charge < -0.3 is 10.3 Å². The zero-order valence-corrected chi connectivity index (χ0v) is 9.60. The third-order valence-corrected chi connectivity index (χ3v) is 2.68. The third kappa shape index (κ3) is 2.09. The lowest BCUT2D eigenvalue weighted by molar-refractivity contribution is -0.120. The molecular weight excluding hydrogens is 240 g/mol. The molecule has 18 heavy (non-hydrogen) atoms. The maximum atomic E-state index is 13.2. The van der Waals surface area contributed by atoms with Crippen molar-refractivity contribution in [3.63, 3.8) is 0 Å². The van der Waals surface area contributed by atoms with Crippen molar-refractivity contribution in [2.75, 3.05) is 0 Å². The summed E-state index contributed by atoms with van der Waals surface area (Å²) in [4.78, 5) is 15.2. The molecule has 0 aliphatic carbocycles. The number of hydrogen-bond acceptors (Lipinski definition) is 2. The third-order valence-electron chi connectivity index (χ3n) is 2.68. The minimum Gasteiger partial charge on any atom is -0.368 e. The summed E-state index contributed by atoms with van der Waals surface area (Å²) in [5, 5.41) is 0. The van der Waals surface area contributed by atoms with E-state index in [2.05, 4.69) is 4.98 Å². The van der Waals surface area contributed by atoms with Crippen LogP contribution in [0.3, 0.4) is 0 Å². The van der Waals surface area contributed by atoms with Gasteiger partial charge in [-0.1, -0.05) is 0 Å². The van der Waals surface area contributed by atoms with Crippen LogP contribution in [0, 0.1) is 11.6 Å². The number of rotatable bonds is 3. The molecule has 0 radical (unpaired) electrons. The predicted octanol–water partition coefficient (Wildman–Crippen LogP) is 1.87. The van der Waals surface area contributed by atoms with Crippen LogP contribution in [-0.4, -0.2) is 15.5 Å². The Kier molecular flexibility index (Phi) is 3.10. The second kappa shape index (κ2) is 4.56. The SMILES string of the molecule is CC(C(N)=O)n1ccnc1-c1ccc(F)c(F)c1. The Morgan fingerprint density at radius 1 is 1.39 bits per heavy atom. The quantitative estimate of drug-likeness (QED) is 0.905. The lowest BCUT2D eigenvalue weighted by Crippen LogP contribution is -2.24. The first-order valence-electron chi connectivity index (χ1n) is 5.28. The fourth-order valence-electron chi connectivity index (χ4n) is 1.62. The van der Waals surface area contributed by atoms with E-state index in [1.807, 2.05) is 0 Å². The van der Waals surface area contributed by atoms with E-state index in [1.165, 1.54) is 16.8 Å². The molecule has 1 amide bonds. The number of carbonyl (C=O) groups excluding carboxylic acids is 1. The van der Waals surface area contributed by atoms with Crippen molar-refractivity contribution in [3.05, 3.63) is 42.2 Å². The Labute approximate surface area is 102 Å². The van der Waals surface area contributed by atoms with Crippen molar-refractivity contribution in [2.45, 2.75) is 13.0 Å². The van der Waals surface area contributed by atoms with Crippen LogP contribution in [-0.2, 0) is 4.79 Å². The van der Waals surface area contributed by atoms with E-state index in [0.717, 1.165) is 12.1 Å². The van der Waals surface area contributed by atoms with Crippen molar-refractivity contribution in [1.82, 2.24) is 9.55 Å².